The Hall–Kier alpha value is -1.30. The Morgan fingerprint density at radius 1 is 1.35 bits per heavy atom. The summed E-state index contributed by atoms with van der Waals surface area (Å²) in [7, 11) is 0. The lowest BCUT2D eigenvalue weighted by Crippen LogP contribution is -2.13. The van der Waals surface area contributed by atoms with E-state index in [4.69, 9.17) is 0 Å². The lowest BCUT2D eigenvalue weighted by atomic mass is 10.3. The zero-order valence-corrected chi connectivity index (χ0v) is 11.1. The molecule has 6 heteroatoms. The summed E-state index contributed by atoms with van der Waals surface area (Å²) in [6.45, 7) is 7.54. The SMILES string of the molecule is CC(C)(C)SCCNc1ncnc2[nH]ncc12. The topological polar surface area (TPSA) is 66.5 Å². The van der Waals surface area contributed by atoms with E-state index in [2.05, 4.69) is 46.3 Å². The van der Waals surface area contributed by atoms with Crippen LogP contribution in [-0.4, -0.2) is 37.2 Å². The first-order chi connectivity index (χ1) is 8.06. The molecule has 2 aromatic heterocycles. The van der Waals surface area contributed by atoms with E-state index in [1.807, 2.05) is 11.8 Å². The molecule has 5 nitrogen and oxygen atoms in total. The van der Waals surface area contributed by atoms with Gasteiger partial charge in [-0.1, -0.05) is 20.8 Å². The number of aromatic amines is 1. The Kier molecular flexibility index (Phi) is 3.51. The Balaban J connectivity index is 1.93. The number of hydrogen-bond acceptors (Lipinski definition) is 5. The highest BCUT2D eigenvalue weighted by Gasteiger charge is 2.10. The number of thioether (sulfide) groups is 1. The third-order valence-electron chi connectivity index (χ3n) is 2.18. The highest BCUT2D eigenvalue weighted by Crippen LogP contribution is 2.23. The van der Waals surface area contributed by atoms with Crippen molar-refractivity contribution in [1.29, 1.82) is 0 Å². The van der Waals surface area contributed by atoms with Crippen LogP contribution in [0.15, 0.2) is 12.5 Å². The number of nitrogens with one attached hydrogen (secondary N) is 2. The lowest BCUT2D eigenvalue weighted by molar-refractivity contribution is 0.802. The maximum atomic E-state index is 4.22. The molecule has 0 saturated heterocycles. The van der Waals surface area contributed by atoms with Crippen LogP contribution in [0.1, 0.15) is 20.8 Å². The Labute approximate surface area is 105 Å². The predicted octanol–water partition coefficient (Wildman–Crippen LogP) is 2.30. The van der Waals surface area contributed by atoms with Crippen LogP contribution >= 0.6 is 11.8 Å². The van der Waals surface area contributed by atoms with Crippen LogP contribution in [0.2, 0.25) is 0 Å². The van der Waals surface area contributed by atoms with Crippen LogP contribution in [0.4, 0.5) is 5.82 Å². The van der Waals surface area contributed by atoms with Crippen LogP contribution in [-0.2, 0) is 0 Å². The molecule has 0 fully saturated rings. The van der Waals surface area contributed by atoms with Crippen LogP contribution in [0.3, 0.4) is 0 Å². The van der Waals surface area contributed by atoms with Gasteiger partial charge in [0.1, 0.15) is 12.1 Å². The third kappa shape index (κ3) is 3.33. The van der Waals surface area contributed by atoms with E-state index in [0.717, 1.165) is 29.1 Å². The predicted molar refractivity (Wildman–Crippen MR) is 72.4 cm³/mol. The zero-order valence-electron chi connectivity index (χ0n) is 10.3. The van der Waals surface area contributed by atoms with Gasteiger partial charge in [0.05, 0.1) is 11.6 Å². The van der Waals surface area contributed by atoms with E-state index < -0.39 is 0 Å². The number of nitrogens with zero attached hydrogens (tertiary/aromatic N) is 3. The van der Waals surface area contributed by atoms with E-state index in [0.29, 0.717) is 4.75 Å². The normalized spacial score (nSPS) is 11.9. The van der Waals surface area contributed by atoms with Crippen molar-refractivity contribution in [2.45, 2.75) is 25.5 Å². The monoisotopic (exact) mass is 251 g/mol. The molecule has 92 valence electrons. The van der Waals surface area contributed by atoms with Gasteiger partial charge in [-0.25, -0.2) is 9.97 Å². The first-order valence-electron chi connectivity index (χ1n) is 5.58. The van der Waals surface area contributed by atoms with E-state index in [1.165, 1.54) is 0 Å². The molecule has 0 radical (unpaired) electrons. The second-order valence-electron chi connectivity index (χ2n) is 4.74. The fraction of sp³-hybridized carbons (Fsp3) is 0.545. The average Bonchev–Trinajstić information content (AvgIpc) is 2.71. The van der Waals surface area contributed by atoms with Gasteiger partial charge in [0.25, 0.3) is 0 Å². The summed E-state index contributed by atoms with van der Waals surface area (Å²) in [5, 5.41) is 11.0. The molecule has 0 aliphatic heterocycles. The van der Waals surface area contributed by atoms with Crippen molar-refractivity contribution in [1.82, 2.24) is 20.2 Å². The Bertz CT molecular complexity index is 488. The summed E-state index contributed by atoms with van der Waals surface area (Å²) in [6.07, 6.45) is 3.29. The van der Waals surface area contributed by atoms with Gasteiger partial charge in [-0.05, 0) is 0 Å². The Morgan fingerprint density at radius 3 is 2.94 bits per heavy atom. The van der Waals surface area contributed by atoms with Crippen molar-refractivity contribution >= 4 is 28.6 Å². The molecule has 0 amide bonds. The van der Waals surface area contributed by atoms with E-state index in [-0.39, 0.29) is 0 Å². The van der Waals surface area contributed by atoms with Gasteiger partial charge >= 0.3 is 0 Å². The number of aromatic nitrogens is 4. The fourth-order valence-corrected chi connectivity index (χ4v) is 2.25. The highest BCUT2D eigenvalue weighted by atomic mass is 32.2. The van der Waals surface area contributed by atoms with Crippen LogP contribution < -0.4 is 5.32 Å². The first kappa shape index (κ1) is 12.2. The van der Waals surface area contributed by atoms with Crippen molar-refractivity contribution in [3.63, 3.8) is 0 Å². The molecule has 2 N–H and O–H groups in total. The smallest absolute Gasteiger partial charge is 0.160 e. The molecule has 0 spiro atoms. The largest absolute Gasteiger partial charge is 0.369 e. The molecular weight excluding hydrogens is 234 g/mol. The van der Waals surface area contributed by atoms with Gasteiger partial charge in [-0.3, -0.25) is 5.10 Å². The zero-order chi connectivity index (χ0) is 12.3. The number of rotatable bonds is 4. The third-order valence-corrected chi connectivity index (χ3v) is 3.45. The van der Waals surface area contributed by atoms with Crippen molar-refractivity contribution in [2.24, 2.45) is 0 Å². The van der Waals surface area contributed by atoms with Crippen molar-refractivity contribution < 1.29 is 0 Å². The number of hydrogen-bond donors (Lipinski definition) is 2. The number of fused-ring (bicyclic) bond motifs is 1. The van der Waals surface area contributed by atoms with Crippen LogP contribution in [0.25, 0.3) is 11.0 Å². The maximum absolute atomic E-state index is 4.22. The highest BCUT2D eigenvalue weighted by molar-refractivity contribution is 8.00. The molecule has 17 heavy (non-hydrogen) atoms. The fourth-order valence-electron chi connectivity index (χ4n) is 1.43. The molecular formula is C11H17N5S. The second-order valence-corrected chi connectivity index (χ2v) is 6.66. The van der Waals surface area contributed by atoms with Gasteiger partial charge < -0.3 is 5.32 Å². The minimum atomic E-state index is 0.304. The minimum Gasteiger partial charge on any atom is -0.369 e. The molecule has 0 aliphatic carbocycles. The molecule has 0 saturated carbocycles. The molecule has 0 aromatic carbocycles. The average molecular weight is 251 g/mol. The van der Waals surface area contributed by atoms with Crippen molar-refractivity contribution in [3.8, 4) is 0 Å². The van der Waals surface area contributed by atoms with E-state index >= 15 is 0 Å². The van der Waals surface area contributed by atoms with Gasteiger partial charge in [0.2, 0.25) is 0 Å². The molecule has 0 atom stereocenters. The van der Waals surface area contributed by atoms with Gasteiger partial charge in [0, 0.05) is 17.0 Å². The quantitative estimate of drug-likeness (QED) is 0.816. The van der Waals surface area contributed by atoms with Crippen LogP contribution in [0, 0.1) is 0 Å². The summed E-state index contributed by atoms with van der Waals surface area (Å²) >= 11 is 1.93. The van der Waals surface area contributed by atoms with Gasteiger partial charge in [-0.2, -0.15) is 16.9 Å². The number of anilines is 1. The molecule has 2 heterocycles. The van der Waals surface area contributed by atoms with Gasteiger partial charge in [0.15, 0.2) is 5.65 Å². The van der Waals surface area contributed by atoms with Gasteiger partial charge in [-0.15, -0.1) is 0 Å². The molecule has 0 aliphatic rings. The van der Waals surface area contributed by atoms with Crippen LogP contribution in [0.5, 0.6) is 0 Å². The maximum Gasteiger partial charge on any atom is 0.160 e. The second kappa shape index (κ2) is 4.91. The summed E-state index contributed by atoms with van der Waals surface area (Å²) in [5.41, 5.74) is 0.769. The summed E-state index contributed by atoms with van der Waals surface area (Å²) in [4.78, 5) is 8.32. The minimum absolute atomic E-state index is 0.304. The summed E-state index contributed by atoms with van der Waals surface area (Å²) in [6, 6.07) is 0. The van der Waals surface area contributed by atoms with Crippen molar-refractivity contribution in [3.05, 3.63) is 12.5 Å². The van der Waals surface area contributed by atoms with E-state index in [9.17, 15) is 0 Å². The number of H-pyrrole nitrogens is 1. The van der Waals surface area contributed by atoms with Crippen molar-refractivity contribution in [2.75, 3.05) is 17.6 Å². The molecule has 0 unspecified atom stereocenters. The standard InChI is InChI=1S/C11H17N5S/c1-11(2,3)17-5-4-12-9-8-6-15-16-10(8)14-7-13-9/h6-7H,4-5H2,1-3H3,(H2,12,13,14,15,16). The molecule has 0 bridgehead atoms. The first-order valence-corrected chi connectivity index (χ1v) is 6.57. The summed E-state index contributed by atoms with van der Waals surface area (Å²) < 4.78 is 0.304. The van der Waals surface area contributed by atoms with E-state index in [1.54, 1.807) is 12.5 Å². The Morgan fingerprint density at radius 2 is 2.18 bits per heavy atom. The summed E-state index contributed by atoms with van der Waals surface area (Å²) in [5.74, 6) is 1.89. The molecule has 2 aromatic rings. The lowest BCUT2D eigenvalue weighted by Gasteiger charge is -2.17. The molecule has 2 rings (SSSR count).